The third kappa shape index (κ3) is 2.43. The fourth-order valence-electron chi connectivity index (χ4n) is 2.93. The maximum atomic E-state index is 6.53. The molecular formula is C15H19BrN2O. The quantitative estimate of drug-likeness (QED) is 0.894. The van der Waals surface area contributed by atoms with Gasteiger partial charge in [0, 0.05) is 4.47 Å². The fourth-order valence-corrected chi connectivity index (χ4v) is 3.28. The van der Waals surface area contributed by atoms with E-state index in [2.05, 4.69) is 27.8 Å². The number of hydrogen-bond acceptors (Lipinski definition) is 3. The first-order valence-electron chi connectivity index (χ1n) is 6.96. The van der Waals surface area contributed by atoms with Crippen LogP contribution in [-0.2, 0) is 5.54 Å². The largest absolute Gasteiger partial charge is 0.439 e. The summed E-state index contributed by atoms with van der Waals surface area (Å²) in [4.78, 5) is 4.60. The smallest absolute Gasteiger partial charge is 0.215 e. The molecule has 1 aliphatic carbocycles. The fraction of sp³-hybridized carbons (Fsp3) is 0.533. The minimum atomic E-state index is -0.378. The summed E-state index contributed by atoms with van der Waals surface area (Å²) in [6.07, 6.45) is 5.54. The molecule has 1 saturated carbocycles. The van der Waals surface area contributed by atoms with Crippen LogP contribution in [-0.4, -0.2) is 4.98 Å². The summed E-state index contributed by atoms with van der Waals surface area (Å²) in [5, 5.41) is 0. The maximum Gasteiger partial charge on any atom is 0.215 e. The summed E-state index contributed by atoms with van der Waals surface area (Å²) in [6, 6.07) is 5.88. The second kappa shape index (κ2) is 4.91. The van der Waals surface area contributed by atoms with Crippen LogP contribution in [0, 0.1) is 5.92 Å². The first-order valence-corrected chi connectivity index (χ1v) is 7.75. The Hall–Kier alpha value is -0.870. The lowest BCUT2D eigenvalue weighted by Gasteiger charge is -2.34. The van der Waals surface area contributed by atoms with Crippen LogP contribution in [0.25, 0.3) is 11.1 Å². The lowest BCUT2D eigenvalue weighted by atomic mass is 9.76. The molecule has 3 nitrogen and oxygen atoms in total. The Morgan fingerprint density at radius 1 is 1.42 bits per heavy atom. The summed E-state index contributed by atoms with van der Waals surface area (Å²) in [6.45, 7) is 2.26. The van der Waals surface area contributed by atoms with Crippen molar-refractivity contribution in [2.75, 3.05) is 0 Å². The molecule has 1 heterocycles. The second-order valence-corrected chi connectivity index (χ2v) is 6.55. The van der Waals surface area contributed by atoms with Crippen molar-refractivity contribution in [2.45, 2.75) is 44.6 Å². The number of halogens is 1. The van der Waals surface area contributed by atoms with Crippen molar-refractivity contribution in [2.24, 2.45) is 11.7 Å². The molecule has 0 unspecified atom stereocenters. The van der Waals surface area contributed by atoms with Gasteiger partial charge in [-0.3, -0.25) is 0 Å². The number of oxazole rings is 1. The van der Waals surface area contributed by atoms with Crippen molar-refractivity contribution in [3.05, 3.63) is 28.6 Å². The molecular weight excluding hydrogens is 304 g/mol. The summed E-state index contributed by atoms with van der Waals surface area (Å²) in [5.74, 6) is 1.52. The third-order valence-electron chi connectivity index (χ3n) is 4.35. The van der Waals surface area contributed by atoms with Crippen molar-refractivity contribution < 1.29 is 4.42 Å². The highest BCUT2D eigenvalue weighted by molar-refractivity contribution is 9.10. The minimum Gasteiger partial charge on any atom is -0.439 e. The average molecular weight is 323 g/mol. The number of nitrogens with zero attached hydrogens (tertiary/aromatic N) is 1. The van der Waals surface area contributed by atoms with Gasteiger partial charge in [0.25, 0.3) is 0 Å². The molecule has 0 atom stereocenters. The van der Waals surface area contributed by atoms with E-state index >= 15 is 0 Å². The zero-order valence-corrected chi connectivity index (χ0v) is 12.7. The lowest BCUT2D eigenvalue weighted by molar-refractivity contribution is 0.198. The van der Waals surface area contributed by atoms with Crippen LogP contribution in [0.1, 0.15) is 44.9 Å². The SMILES string of the molecule is CCC1CCC(N)(c2nc3cc(Br)ccc3o2)CC1. The van der Waals surface area contributed by atoms with Gasteiger partial charge < -0.3 is 10.2 Å². The van der Waals surface area contributed by atoms with E-state index < -0.39 is 0 Å². The number of hydrogen-bond donors (Lipinski definition) is 1. The van der Waals surface area contributed by atoms with Crippen molar-refractivity contribution in [3.8, 4) is 0 Å². The molecule has 0 aliphatic heterocycles. The van der Waals surface area contributed by atoms with Gasteiger partial charge in [-0.05, 0) is 49.8 Å². The van der Waals surface area contributed by atoms with Gasteiger partial charge in [0.05, 0.1) is 5.54 Å². The topological polar surface area (TPSA) is 52.0 Å². The lowest BCUT2D eigenvalue weighted by Crippen LogP contribution is -2.40. The average Bonchev–Trinajstić information content (AvgIpc) is 2.83. The van der Waals surface area contributed by atoms with Gasteiger partial charge >= 0.3 is 0 Å². The summed E-state index contributed by atoms with van der Waals surface area (Å²) < 4.78 is 6.89. The summed E-state index contributed by atoms with van der Waals surface area (Å²) >= 11 is 3.46. The van der Waals surface area contributed by atoms with E-state index in [4.69, 9.17) is 10.2 Å². The van der Waals surface area contributed by atoms with Crippen LogP contribution in [0.4, 0.5) is 0 Å². The van der Waals surface area contributed by atoms with Crippen LogP contribution >= 0.6 is 15.9 Å². The predicted molar refractivity (Wildman–Crippen MR) is 79.8 cm³/mol. The molecule has 2 N–H and O–H groups in total. The highest BCUT2D eigenvalue weighted by Crippen LogP contribution is 2.39. The number of aromatic nitrogens is 1. The highest BCUT2D eigenvalue weighted by Gasteiger charge is 2.37. The van der Waals surface area contributed by atoms with Crippen molar-refractivity contribution in [1.29, 1.82) is 0 Å². The minimum absolute atomic E-state index is 0.378. The van der Waals surface area contributed by atoms with E-state index in [0.717, 1.165) is 34.3 Å². The molecule has 0 saturated heterocycles. The van der Waals surface area contributed by atoms with Gasteiger partial charge in [-0.25, -0.2) is 4.98 Å². The molecule has 102 valence electrons. The van der Waals surface area contributed by atoms with E-state index in [1.54, 1.807) is 0 Å². The molecule has 2 aromatic rings. The van der Waals surface area contributed by atoms with Crippen molar-refractivity contribution in [3.63, 3.8) is 0 Å². The van der Waals surface area contributed by atoms with Gasteiger partial charge in [0.1, 0.15) is 5.52 Å². The van der Waals surface area contributed by atoms with Crippen LogP contribution in [0.15, 0.2) is 27.1 Å². The monoisotopic (exact) mass is 322 g/mol. The molecule has 4 heteroatoms. The van der Waals surface area contributed by atoms with Gasteiger partial charge in [-0.1, -0.05) is 29.3 Å². The molecule has 19 heavy (non-hydrogen) atoms. The molecule has 0 bridgehead atoms. The van der Waals surface area contributed by atoms with Crippen LogP contribution in [0.5, 0.6) is 0 Å². The normalized spacial score (nSPS) is 27.8. The van der Waals surface area contributed by atoms with Crippen LogP contribution < -0.4 is 5.73 Å². The number of rotatable bonds is 2. The molecule has 3 rings (SSSR count). The summed E-state index contributed by atoms with van der Waals surface area (Å²) in [7, 11) is 0. The number of nitrogens with two attached hydrogens (primary N) is 1. The van der Waals surface area contributed by atoms with Crippen LogP contribution in [0.3, 0.4) is 0 Å². The van der Waals surface area contributed by atoms with Gasteiger partial charge in [-0.2, -0.15) is 0 Å². The predicted octanol–water partition coefficient (Wildman–Crippen LogP) is 4.34. The van der Waals surface area contributed by atoms with E-state index in [-0.39, 0.29) is 5.54 Å². The molecule has 1 aromatic heterocycles. The highest BCUT2D eigenvalue weighted by atomic mass is 79.9. The van der Waals surface area contributed by atoms with Gasteiger partial charge in [0.2, 0.25) is 5.89 Å². The second-order valence-electron chi connectivity index (χ2n) is 5.64. The van der Waals surface area contributed by atoms with Crippen LogP contribution in [0.2, 0.25) is 0 Å². The molecule has 1 aromatic carbocycles. The zero-order chi connectivity index (χ0) is 13.5. The van der Waals surface area contributed by atoms with E-state index in [1.807, 2.05) is 18.2 Å². The molecule has 1 aliphatic rings. The summed E-state index contributed by atoms with van der Waals surface area (Å²) in [5.41, 5.74) is 7.85. The van der Waals surface area contributed by atoms with E-state index in [9.17, 15) is 0 Å². The Kier molecular flexibility index (Phi) is 3.39. The Labute approximate surface area is 121 Å². The van der Waals surface area contributed by atoms with Gasteiger partial charge in [-0.15, -0.1) is 0 Å². The standard InChI is InChI=1S/C15H19BrN2O/c1-2-10-5-7-15(17,8-6-10)14-18-12-9-11(16)3-4-13(12)19-14/h3-4,9-10H,2,5-8,17H2,1H3. The first-order chi connectivity index (χ1) is 9.10. The molecule has 0 radical (unpaired) electrons. The molecule has 0 amide bonds. The molecule has 1 fully saturated rings. The zero-order valence-electron chi connectivity index (χ0n) is 11.2. The number of benzene rings is 1. The Balaban J connectivity index is 1.91. The Morgan fingerprint density at radius 3 is 2.84 bits per heavy atom. The van der Waals surface area contributed by atoms with E-state index in [0.29, 0.717) is 5.89 Å². The third-order valence-corrected chi connectivity index (χ3v) is 4.84. The van der Waals surface area contributed by atoms with Gasteiger partial charge in [0.15, 0.2) is 5.58 Å². The van der Waals surface area contributed by atoms with E-state index in [1.165, 1.54) is 19.3 Å². The first kappa shape index (κ1) is 13.1. The molecule has 0 spiro atoms. The van der Waals surface area contributed by atoms with Crippen molar-refractivity contribution in [1.82, 2.24) is 4.98 Å². The maximum absolute atomic E-state index is 6.53. The van der Waals surface area contributed by atoms with Crippen molar-refractivity contribution >= 4 is 27.0 Å². The Morgan fingerprint density at radius 2 is 2.16 bits per heavy atom. The Bertz CT molecular complexity index is 585. The number of fused-ring (bicyclic) bond motifs is 1.